The van der Waals surface area contributed by atoms with Gasteiger partial charge in [-0.15, -0.1) is 0 Å². The highest BCUT2D eigenvalue weighted by atomic mass is 16.2. The molecule has 0 bridgehead atoms. The van der Waals surface area contributed by atoms with Crippen molar-refractivity contribution in [1.29, 1.82) is 0 Å². The normalized spacial score (nSPS) is 13.6. The first-order chi connectivity index (χ1) is 10.1. The Morgan fingerprint density at radius 2 is 2.10 bits per heavy atom. The largest absolute Gasteiger partial charge is 0.399 e. The Kier molecular flexibility index (Phi) is 5.03. The monoisotopic (exact) mass is 290 g/mol. The van der Waals surface area contributed by atoms with E-state index in [0.717, 1.165) is 12.8 Å². The summed E-state index contributed by atoms with van der Waals surface area (Å²) in [5.41, 5.74) is 7.58. The van der Waals surface area contributed by atoms with Crippen molar-refractivity contribution < 1.29 is 9.59 Å². The van der Waals surface area contributed by atoms with Crippen LogP contribution in [0.2, 0.25) is 0 Å². The number of nitrogen functional groups attached to an aromatic ring is 1. The third kappa shape index (κ3) is 4.66. The molecule has 0 unspecified atom stereocenters. The van der Waals surface area contributed by atoms with Crippen molar-refractivity contribution in [3.8, 4) is 0 Å². The molecule has 0 aromatic heterocycles. The van der Waals surface area contributed by atoms with Crippen molar-refractivity contribution in [2.45, 2.75) is 31.7 Å². The number of rotatable bonds is 7. The average Bonchev–Trinajstić information content (AvgIpc) is 3.27. The molecule has 1 fully saturated rings. The lowest BCUT2D eigenvalue weighted by atomic mass is 10.1. The smallest absolute Gasteiger partial charge is 0.253 e. The molecule has 0 radical (unpaired) electrons. The van der Waals surface area contributed by atoms with E-state index in [0.29, 0.717) is 42.4 Å². The summed E-state index contributed by atoms with van der Waals surface area (Å²) in [6.45, 7) is 0.617. The Hall–Kier alpha value is -2.24. The number of carbonyl (C=O) groups excluding carboxylic acids is 2. The van der Waals surface area contributed by atoms with E-state index in [9.17, 15) is 9.59 Å². The molecule has 21 heavy (non-hydrogen) atoms. The van der Waals surface area contributed by atoms with Crippen molar-refractivity contribution in [2.75, 3.05) is 24.6 Å². The average molecular weight is 290 g/mol. The molecule has 0 heterocycles. The predicted molar refractivity (Wildman–Crippen MR) is 83.1 cm³/mol. The van der Waals surface area contributed by atoms with Crippen molar-refractivity contribution in [3.63, 3.8) is 0 Å². The number of anilines is 2. The lowest BCUT2D eigenvalue weighted by Gasteiger charge is -2.12. The summed E-state index contributed by atoms with van der Waals surface area (Å²) in [4.78, 5) is 23.3. The van der Waals surface area contributed by atoms with E-state index in [2.05, 4.69) is 16.0 Å². The van der Waals surface area contributed by atoms with Gasteiger partial charge in [0.05, 0.1) is 5.56 Å². The highest BCUT2D eigenvalue weighted by Gasteiger charge is 2.22. The molecule has 2 amide bonds. The van der Waals surface area contributed by atoms with Crippen LogP contribution in [0.1, 0.15) is 36.0 Å². The van der Waals surface area contributed by atoms with Crippen LogP contribution in [0.5, 0.6) is 0 Å². The Morgan fingerprint density at radius 1 is 1.33 bits per heavy atom. The molecule has 1 aromatic carbocycles. The van der Waals surface area contributed by atoms with Crippen molar-refractivity contribution in [1.82, 2.24) is 10.6 Å². The molecule has 5 N–H and O–H groups in total. The van der Waals surface area contributed by atoms with Crippen LogP contribution >= 0.6 is 0 Å². The van der Waals surface area contributed by atoms with Gasteiger partial charge in [0.15, 0.2) is 0 Å². The van der Waals surface area contributed by atoms with Gasteiger partial charge in [0, 0.05) is 37.4 Å². The number of amides is 2. The second-order valence-electron chi connectivity index (χ2n) is 5.26. The topological polar surface area (TPSA) is 96.2 Å². The minimum atomic E-state index is -0.163. The fourth-order valence-corrected chi connectivity index (χ4v) is 2.04. The van der Waals surface area contributed by atoms with Gasteiger partial charge in [-0.25, -0.2) is 0 Å². The minimum absolute atomic E-state index is 0.0957. The fraction of sp³-hybridized carbons (Fsp3) is 0.467. The minimum Gasteiger partial charge on any atom is -0.399 e. The Balaban J connectivity index is 1.82. The van der Waals surface area contributed by atoms with E-state index in [-0.39, 0.29) is 11.8 Å². The third-order valence-corrected chi connectivity index (χ3v) is 3.35. The Bertz CT molecular complexity index is 526. The van der Waals surface area contributed by atoms with Crippen molar-refractivity contribution in [3.05, 3.63) is 23.8 Å². The Labute approximate surface area is 124 Å². The number of hydrogen-bond donors (Lipinski definition) is 4. The molecular formula is C15H22N4O2. The van der Waals surface area contributed by atoms with Crippen LogP contribution in [-0.2, 0) is 4.79 Å². The van der Waals surface area contributed by atoms with Crippen LogP contribution in [0.3, 0.4) is 0 Å². The van der Waals surface area contributed by atoms with E-state index < -0.39 is 0 Å². The van der Waals surface area contributed by atoms with E-state index in [1.807, 2.05) is 0 Å². The predicted octanol–water partition coefficient (Wildman–Crippen LogP) is 1.10. The summed E-state index contributed by atoms with van der Waals surface area (Å²) in [6.07, 6.45) is 3.40. The summed E-state index contributed by atoms with van der Waals surface area (Å²) in [7, 11) is 1.59. The maximum absolute atomic E-state index is 11.8. The van der Waals surface area contributed by atoms with Crippen LogP contribution in [0.25, 0.3) is 0 Å². The Morgan fingerprint density at radius 3 is 2.76 bits per heavy atom. The van der Waals surface area contributed by atoms with E-state index >= 15 is 0 Å². The molecule has 2 rings (SSSR count). The van der Waals surface area contributed by atoms with Crippen LogP contribution in [0.15, 0.2) is 18.2 Å². The molecule has 1 aliphatic rings. The van der Waals surface area contributed by atoms with Gasteiger partial charge in [-0.1, -0.05) is 0 Å². The van der Waals surface area contributed by atoms with Gasteiger partial charge < -0.3 is 21.7 Å². The molecule has 1 saturated carbocycles. The molecule has 6 heteroatoms. The maximum atomic E-state index is 11.8. The number of hydrogen-bond acceptors (Lipinski definition) is 4. The van der Waals surface area contributed by atoms with Crippen molar-refractivity contribution in [2.24, 2.45) is 0 Å². The van der Waals surface area contributed by atoms with Gasteiger partial charge in [0.1, 0.15) is 0 Å². The molecule has 1 aliphatic carbocycles. The second-order valence-corrected chi connectivity index (χ2v) is 5.26. The SMILES string of the molecule is CNC(=O)c1ccc(N)cc1NCCCC(=O)NC1CC1. The van der Waals surface area contributed by atoms with Gasteiger partial charge >= 0.3 is 0 Å². The summed E-state index contributed by atoms with van der Waals surface area (Å²) in [6, 6.07) is 5.52. The molecule has 0 saturated heterocycles. The number of benzene rings is 1. The number of nitrogens with one attached hydrogen (secondary N) is 3. The van der Waals surface area contributed by atoms with Gasteiger partial charge in [0.25, 0.3) is 5.91 Å². The van der Waals surface area contributed by atoms with Crippen LogP contribution in [0.4, 0.5) is 11.4 Å². The first kappa shape index (κ1) is 15.2. The van der Waals surface area contributed by atoms with Crippen LogP contribution in [0, 0.1) is 0 Å². The summed E-state index contributed by atoms with van der Waals surface area (Å²) in [5.74, 6) is -0.0672. The fourth-order valence-electron chi connectivity index (χ4n) is 2.04. The zero-order valence-corrected chi connectivity index (χ0v) is 12.2. The number of carbonyl (C=O) groups is 2. The zero-order valence-electron chi connectivity index (χ0n) is 12.2. The van der Waals surface area contributed by atoms with E-state index in [4.69, 9.17) is 5.73 Å². The molecule has 6 nitrogen and oxygen atoms in total. The molecule has 0 aliphatic heterocycles. The zero-order chi connectivity index (χ0) is 15.2. The van der Waals surface area contributed by atoms with Crippen molar-refractivity contribution >= 4 is 23.2 Å². The quantitative estimate of drug-likeness (QED) is 0.446. The maximum Gasteiger partial charge on any atom is 0.253 e. The lowest BCUT2D eigenvalue weighted by molar-refractivity contribution is -0.121. The molecular weight excluding hydrogens is 268 g/mol. The molecule has 0 spiro atoms. The van der Waals surface area contributed by atoms with Crippen LogP contribution in [-0.4, -0.2) is 31.4 Å². The van der Waals surface area contributed by atoms with Gasteiger partial charge in [-0.2, -0.15) is 0 Å². The molecule has 114 valence electrons. The van der Waals surface area contributed by atoms with E-state index in [1.165, 1.54) is 0 Å². The third-order valence-electron chi connectivity index (χ3n) is 3.35. The first-order valence-corrected chi connectivity index (χ1v) is 7.25. The van der Waals surface area contributed by atoms with Gasteiger partial charge in [-0.05, 0) is 37.5 Å². The lowest BCUT2D eigenvalue weighted by Crippen LogP contribution is -2.25. The first-order valence-electron chi connectivity index (χ1n) is 7.25. The molecule has 1 aromatic rings. The standard InChI is InChI=1S/C15H22N4O2/c1-17-15(21)12-7-4-10(16)9-13(12)18-8-2-3-14(20)19-11-5-6-11/h4,7,9,11,18H,2-3,5-6,8,16H2,1H3,(H,17,21)(H,19,20). The summed E-state index contributed by atoms with van der Waals surface area (Å²) >= 11 is 0. The second kappa shape index (κ2) is 6.97. The van der Waals surface area contributed by atoms with Gasteiger partial charge in [-0.3, -0.25) is 9.59 Å². The highest BCUT2D eigenvalue weighted by molar-refractivity contribution is 6.00. The van der Waals surface area contributed by atoms with E-state index in [1.54, 1.807) is 25.2 Å². The summed E-state index contributed by atoms with van der Waals surface area (Å²) in [5, 5.41) is 8.72. The highest BCUT2D eigenvalue weighted by Crippen LogP contribution is 2.20. The summed E-state index contributed by atoms with van der Waals surface area (Å²) < 4.78 is 0. The molecule has 0 atom stereocenters. The van der Waals surface area contributed by atoms with Gasteiger partial charge in [0.2, 0.25) is 5.91 Å². The number of nitrogens with two attached hydrogens (primary N) is 1. The van der Waals surface area contributed by atoms with Crippen LogP contribution < -0.4 is 21.7 Å².